The van der Waals surface area contributed by atoms with E-state index in [1.807, 2.05) is 38.4 Å². The van der Waals surface area contributed by atoms with Gasteiger partial charge in [-0.15, -0.1) is 0 Å². The zero-order valence-electron chi connectivity index (χ0n) is 14.2. The van der Waals surface area contributed by atoms with Crippen LogP contribution in [0.25, 0.3) is 0 Å². The SMILES string of the molecule is CN(C)Cc1ccc(NC(=O)CCS(=O)(=O)c2ccc(Br)cc2)cc1. The lowest BCUT2D eigenvalue weighted by Gasteiger charge is -2.11. The Kier molecular flexibility index (Phi) is 6.75. The van der Waals surface area contributed by atoms with Crippen molar-refractivity contribution in [3.05, 3.63) is 58.6 Å². The molecule has 0 fully saturated rings. The van der Waals surface area contributed by atoms with Crippen molar-refractivity contribution in [3.8, 4) is 0 Å². The molecule has 0 aromatic heterocycles. The molecule has 25 heavy (non-hydrogen) atoms. The topological polar surface area (TPSA) is 66.5 Å². The first-order valence-electron chi connectivity index (χ1n) is 7.78. The van der Waals surface area contributed by atoms with Crippen molar-refractivity contribution >= 4 is 37.4 Å². The number of nitrogens with one attached hydrogen (secondary N) is 1. The maximum Gasteiger partial charge on any atom is 0.225 e. The van der Waals surface area contributed by atoms with Gasteiger partial charge in [-0.25, -0.2) is 8.42 Å². The quantitative estimate of drug-likeness (QED) is 0.739. The highest BCUT2D eigenvalue weighted by Gasteiger charge is 2.16. The number of anilines is 1. The summed E-state index contributed by atoms with van der Waals surface area (Å²) in [4.78, 5) is 14.3. The normalized spacial score (nSPS) is 11.5. The van der Waals surface area contributed by atoms with E-state index in [-0.39, 0.29) is 23.0 Å². The van der Waals surface area contributed by atoms with Crippen LogP contribution in [0.3, 0.4) is 0 Å². The zero-order chi connectivity index (χ0) is 18.4. The first kappa shape index (κ1) is 19.6. The van der Waals surface area contributed by atoms with Crippen LogP contribution in [-0.2, 0) is 21.2 Å². The molecule has 2 aromatic carbocycles. The van der Waals surface area contributed by atoms with Gasteiger partial charge in [0.1, 0.15) is 0 Å². The van der Waals surface area contributed by atoms with Crippen molar-refractivity contribution in [2.24, 2.45) is 0 Å². The summed E-state index contributed by atoms with van der Waals surface area (Å²) in [5.74, 6) is -0.542. The molecule has 0 saturated heterocycles. The Balaban J connectivity index is 1.90. The highest BCUT2D eigenvalue weighted by Crippen LogP contribution is 2.17. The molecule has 0 saturated carbocycles. The number of nitrogens with zero attached hydrogens (tertiary/aromatic N) is 1. The van der Waals surface area contributed by atoms with Gasteiger partial charge in [0.25, 0.3) is 0 Å². The third kappa shape index (κ3) is 6.26. The van der Waals surface area contributed by atoms with Crippen LogP contribution in [0.2, 0.25) is 0 Å². The highest BCUT2D eigenvalue weighted by molar-refractivity contribution is 9.10. The van der Waals surface area contributed by atoms with E-state index < -0.39 is 9.84 Å². The molecular weight excluding hydrogens is 404 g/mol. The number of rotatable bonds is 7. The number of hydrogen-bond acceptors (Lipinski definition) is 4. The number of hydrogen-bond donors (Lipinski definition) is 1. The minimum absolute atomic E-state index is 0.0855. The number of benzene rings is 2. The summed E-state index contributed by atoms with van der Waals surface area (Å²) < 4.78 is 25.3. The fourth-order valence-electron chi connectivity index (χ4n) is 2.27. The standard InChI is InChI=1S/C18H21BrN2O3S/c1-21(2)13-14-3-7-16(8-4-14)20-18(22)11-12-25(23,24)17-9-5-15(19)6-10-17/h3-10H,11-13H2,1-2H3,(H,20,22). The maximum absolute atomic E-state index is 12.2. The van der Waals surface area contributed by atoms with E-state index in [0.717, 1.165) is 16.6 Å². The lowest BCUT2D eigenvalue weighted by atomic mass is 10.2. The van der Waals surface area contributed by atoms with Gasteiger partial charge >= 0.3 is 0 Å². The Morgan fingerprint density at radius 1 is 1.04 bits per heavy atom. The second-order valence-corrected chi connectivity index (χ2v) is 9.03. The second kappa shape index (κ2) is 8.60. The van der Waals surface area contributed by atoms with E-state index in [9.17, 15) is 13.2 Å². The molecule has 2 rings (SSSR count). The van der Waals surface area contributed by atoms with E-state index in [2.05, 4.69) is 26.1 Å². The first-order chi connectivity index (χ1) is 11.8. The average Bonchev–Trinajstić information content (AvgIpc) is 2.55. The number of carbonyl (C=O) groups is 1. The van der Waals surface area contributed by atoms with Gasteiger partial charge in [0.15, 0.2) is 9.84 Å². The van der Waals surface area contributed by atoms with Gasteiger partial charge in [-0.1, -0.05) is 28.1 Å². The van der Waals surface area contributed by atoms with Gasteiger partial charge in [0.05, 0.1) is 10.6 Å². The van der Waals surface area contributed by atoms with Crippen LogP contribution in [0.4, 0.5) is 5.69 Å². The summed E-state index contributed by atoms with van der Waals surface area (Å²) >= 11 is 3.27. The van der Waals surface area contributed by atoms with Crippen LogP contribution in [0.5, 0.6) is 0 Å². The molecule has 134 valence electrons. The van der Waals surface area contributed by atoms with Crippen LogP contribution in [0.15, 0.2) is 57.9 Å². The van der Waals surface area contributed by atoms with Crippen LogP contribution in [0, 0.1) is 0 Å². The third-order valence-electron chi connectivity index (χ3n) is 3.51. The zero-order valence-corrected chi connectivity index (χ0v) is 16.6. The molecule has 7 heteroatoms. The smallest absolute Gasteiger partial charge is 0.225 e. The van der Waals surface area contributed by atoms with E-state index >= 15 is 0 Å². The van der Waals surface area contributed by atoms with Gasteiger partial charge in [-0.2, -0.15) is 0 Å². The van der Waals surface area contributed by atoms with Gasteiger partial charge in [-0.05, 0) is 56.1 Å². The van der Waals surface area contributed by atoms with E-state index in [1.54, 1.807) is 12.1 Å². The predicted octanol–water partition coefficient (Wildman–Crippen LogP) is 3.31. The number of halogens is 1. The molecule has 0 aliphatic rings. The lowest BCUT2D eigenvalue weighted by molar-refractivity contribution is -0.115. The summed E-state index contributed by atoms with van der Waals surface area (Å²) in [5.41, 5.74) is 1.80. The fourth-order valence-corrected chi connectivity index (χ4v) is 3.77. The number of sulfone groups is 1. The second-order valence-electron chi connectivity index (χ2n) is 6.01. The molecule has 0 aliphatic carbocycles. The van der Waals surface area contributed by atoms with E-state index in [4.69, 9.17) is 0 Å². The van der Waals surface area contributed by atoms with Gasteiger partial charge in [0.2, 0.25) is 5.91 Å². The van der Waals surface area contributed by atoms with Gasteiger partial charge < -0.3 is 10.2 Å². The Labute approximate surface area is 157 Å². The molecule has 0 unspecified atom stereocenters. The van der Waals surface area contributed by atoms with Crippen molar-refractivity contribution in [1.29, 1.82) is 0 Å². The van der Waals surface area contributed by atoms with E-state index in [0.29, 0.717) is 5.69 Å². The summed E-state index contributed by atoms with van der Waals surface area (Å²) in [5, 5.41) is 2.73. The summed E-state index contributed by atoms with van der Waals surface area (Å²) in [7, 11) is 0.504. The lowest BCUT2D eigenvalue weighted by Crippen LogP contribution is -2.17. The number of amides is 1. The average molecular weight is 425 g/mol. The van der Waals surface area contributed by atoms with Crippen molar-refractivity contribution in [2.45, 2.75) is 17.9 Å². The molecule has 1 N–H and O–H groups in total. The molecular formula is C18H21BrN2O3S. The molecule has 0 bridgehead atoms. The Morgan fingerprint density at radius 2 is 1.64 bits per heavy atom. The molecule has 1 amide bonds. The maximum atomic E-state index is 12.2. The van der Waals surface area contributed by atoms with Gasteiger partial charge in [0, 0.05) is 23.1 Å². The minimum Gasteiger partial charge on any atom is -0.326 e. The Morgan fingerprint density at radius 3 is 2.20 bits per heavy atom. The summed E-state index contributed by atoms with van der Waals surface area (Å²) in [6.07, 6.45) is -0.0855. The predicted molar refractivity (Wildman–Crippen MR) is 103 cm³/mol. The molecule has 0 spiro atoms. The van der Waals surface area contributed by atoms with Crippen LogP contribution < -0.4 is 5.32 Å². The summed E-state index contributed by atoms with van der Waals surface area (Å²) in [6, 6.07) is 13.9. The van der Waals surface area contributed by atoms with Crippen molar-refractivity contribution in [3.63, 3.8) is 0 Å². The third-order valence-corrected chi connectivity index (χ3v) is 5.77. The molecule has 5 nitrogen and oxygen atoms in total. The van der Waals surface area contributed by atoms with Crippen molar-refractivity contribution in [2.75, 3.05) is 25.2 Å². The van der Waals surface area contributed by atoms with Crippen LogP contribution in [0.1, 0.15) is 12.0 Å². The number of carbonyl (C=O) groups excluding carboxylic acids is 1. The minimum atomic E-state index is -3.47. The Hall–Kier alpha value is -1.70. The van der Waals surface area contributed by atoms with Crippen LogP contribution >= 0.6 is 15.9 Å². The van der Waals surface area contributed by atoms with Gasteiger partial charge in [-0.3, -0.25) is 4.79 Å². The summed E-state index contributed by atoms with van der Waals surface area (Å²) in [6.45, 7) is 0.819. The monoisotopic (exact) mass is 424 g/mol. The molecule has 0 aliphatic heterocycles. The van der Waals surface area contributed by atoms with Crippen molar-refractivity contribution < 1.29 is 13.2 Å². The molecule has 0 heterocycles. The molecule has 2 aromatic rings. The molecule has 0 atom stereocenters. The van der Waals surface area contributed by atoms with E-state index in [1.165, 1.54) is 12.1 Å². The first-order valence-corrected chi connectivity index (χ1v) is 10.2. The van der Waals surface area contributed by atoms with Crippen molar-refractivity contribution in [1.82, 2.24) is 4.90 Å². The Bertz CT molecular complexity index is 816. The largest absolute Gasteiger partial charge is 0.326 e. The molecule has 0 radical (unpaired) electrons. The fraction of sp³-hybridized carbons (Fsp3) is 0.278. The van der Waals surface area contributed by atoms with Crippen LogP contribution in [-0.4, -0.2) is 39.1 Å². The highest BCUT2D eigenvalue weighted by atomic mass is 79.9.